The number of benzene rings is 15. The van der Waals surface area contributed by atoms with Crippen LogP contribution >= 0.6 is 159 Å². The van der Waals surface area contributed by atoms with Gasteiger partial charge < -0.3 is 9.47 Å². The number of hydrogen-bond donors (Lipinski definition) is 0. The molecule has 0 aliphatic carbocycles. The summed E-state index contributed by atoms with van der Waals surface area (Å²) in [7, 11) is 3.31. The Morgan fingerprint density at radius 1 is 0.206 bits per heavy atom. The molecular formula is C122H80Br10O4. The summed E-state index contributed by atoms with van der Waals surface area (Å²) in [5, 5.41) is 0. The molecular weight excluding hydrogens is 2330 g/mol. The summed E-state index contributed by atoms with van der Waals surface area (Å²) in [5.74, 6) is 65.7. The first kappa shape index (κ1) is 104. The highest BCUT2D eigenvalue weighted by Crippen LogP contribution is 2.36. The zero-order valence-corrected chi connectivity index (χ0v) is 91.1. The van der Waals surface area contributed by atoms with Crippen molar-refractivity contribution in [3.63, 3.8) is 0 Å². The normalized spacial score (nSPS) is 9.68. The monoisotopic (exact) mass is 2400 g/mol. The second-order valence-electron chi connectivity index (χ2n) is 30.3. The van der Waals surface area contributed by atoms with Crippen molar-refractivity contribution in [2.45, 2.75) is 55.4 Å². The van der Waals surface area contributed by atoms with Gasteiger partial charge in [0.2, 0.25) is 0 Å². The van der Waals surface area contributed by atoms with Gasteiger partial charge in [0.05, 0.1) is 14.2 Å². The minimum atomic E-state index is 0.0349. The van der Waals surface area contributed by atoms with E-state index in [-0.39, 0.29) is 11.6 Å². The first-order valence-corrected chi connectivity index (χ1v) is 50.0. The molecule has 0 fully saturated rings. The molecule has 0 bridgehead atoms. The van der Waals surface area contributed by atoms with Crippen LogP contribution in [0.3, 0.4) is 0 Å². The van der Waals surface area contributed by atoms with E-state index in [2.05, 4.69) is 354 Å². The van der Waals surface area contributed by atoms with E-state index in [1.54, 1.807) is 52.3 Å². The Bertz CT molecular complexity index is 6980. The summed E-state index contributed by atoms with van der Waals surface area (Å²) in [6, 6.07) is 98.4. The summed E-state index contributed by atoms with van der Waals surface area (Å²) < 4.78 is 19.6. The minimum absolute atomic E-state index is 0.0349. The number of carbonyl (C=O) groups is 2. The average Bonchev–Trinajstić information content (AvgIpc) is 0.782. The number of carbonyl (C=O) groups excluding carboxylic acids is 2. The maximum Gasteiger partial charge on any atom is 0.159 e. The van der Waals surface area contributed by atoms with Crippen molar-refractivity contribution in [2.75, 3.05) is 14.2 Å². The fourth-order valence-electron chi connectivity index (χ4n) is 12.1. The maximum absolute atomic E-state index is 11.4. The Kier molecular flexibility index (Phi) is 40.3. The third-order valence-corrected chi connectivity index (χ3v) is 27.2. The first-order chi connectivity index (χ1) is 65.5. The van der Waals surface area contributed by atoms with Gasteiger partial charge in [0.1, 0.15) is 11.5 Å². The summed E-state index contributed by atoms with van der Waals surface area (Å²) in [5.41, 5.74) is 27.0. The molecule has 0 spiro atoms. The van der Waals surface area contributed by atoms with E-state index >= 15 is 0 Å². The van der Waals surface area contributed by atoms with E-state index in [1.807, 2.05) is 244 Å². The third kappa shape index (κ3) is 32.4. The smallest absolute Gasteiger partial charge is 0.159 e. The van der Waals surface area contributed by atoms with Gasteiger partial charge in [-0.2, -0.15) is 0 Å². The lowest BCUT2D eigenvalue weighted by Crippen LogP contribution is -1.96. The molecule has 0 radical (unpaired) electrons. The molecule has 136 heavy (non-hydrogen) atoms. The maximum atomic E-state index is 11.4. The second-order valence-corrected chi connectivity index (χ2v) is 38.7. The van der Waals surface area contributed by atoms with Gasteiger partial charge in [0, 0.05) is 167 Å². The van der Waals surface area contributed by atoms with Crippen LogP contribution in [0.4, 0.5) is 0 Å². The number of methoxy groups -OCH3 is 2. The molecule has 0 saturated heterocycles. The van der Waals surface area contributed by atoms with Gasteiger partial charge in [-0.05, 0) is 420 Å². The highest BCUT2D eigenvalue weighted by atomic mass is 79.9. The van der Waals surface area contributed by atoms with Crippen LogP contribution in [0.15, 0.2) is 348 Å². The SMILES string of the molecule is Brc1cc(C#Cc2ccccc2)c(Br)cc1C#Cc1ccccc1.CC(=O)c1ccc(C#Cc2cc(Br)c(C#Cc3ccc(C(C)=O)cc3)cc2Br)cc1.COc1ccc(C#Cc2c(C)c(Br)c(C#Cc3ccc(OC)cc3)c(C)c2Br)cc1.Cc1ccc(C#Cc2cc(Br)c(C#Cc3ccc(C)cc3)cc2Br)cc1.Cc1ccc(C#Cc2cc(Br)c(C#Cc3ccc(C)cc3)cc2Br)cc1. The molecule has 0 aliphatic rings. The first-order valence-electron chi connectivity index (χ1n) is 42.0. The molecule has 0 aromatic heterocycles. The number of Topliss-reactive ketones (excluding diaryl/α,β-unsaturated/α-hetero) is 2. The molecule has 14 heteroatoms. The largest absolute Gasteiger partial charge is 0.497 e. The van der Waals surface area contributed by atoms with Crippen LogP contribution in [0.2, 0.25) is 0 Å². The van der Waals surface area contributed by atoms with Crippen molar-refractivity contribution >= 4 is 171 Å². The van der Waals surface area contributed by atoms with E-state index in [4.69, 9.17) is 9.47 Å². The van der Waals surface area contributed by atoms with E-state index in [0.29, 0.717) is 11.1 Å². The molecule has 15 aromatic rings. The molecule has 0 unspecified atom stereocenters. The predicted octanol–water partition coefficient (Wildman–Crippen LogP) is 32.3. The lowest BCUT2D eigenvalue weighted by molar-refractivity contribution is 0.100. The average molecular weight is 2410 g/mol. The molecule has 662 valence electrons. The lowest BCUT2D eigenvalue weighted by atomic mass is 9.99. The Hall–Kier alpha value is -12.4. The van der Waals surface area contributed by atoms with Gasteiger partial charge >= 0.3 is 0 Å². The van der Waals surface area contributed by atoms with Crippen molar-refractivity contribution in [2.24, 2.45) is 0 Å². The Labute approximate surface area is 883 Å². The number of hydrogen-bond acceptors (Lipinski definition) is 4. The number of aryl methyl sites for hydroxylation is 4. The Morgan fingerprint density at radius 3 is 0.544 bits per heavy atom. The standard InChI is InChI=1S/C26H20Br2O2.C26H16Br2O2.2C24H16Br2.C22H12Br2/c1-17-23(15-9-19-5-11-21(29-3)12-6-19)26(28)18(2)24(25(17)27)16-10-20-7-13-22(30-4)14-8-20;1-17(29)21-9-3-19(4-10-21)7-13-23-15-26(28)24(16-25(23)27)14-8-20-5-11-22(12-6-20)18(2)30;2*1-17-3-7-19(8-4-17)11-13-21-15-24(26)22(16-23(21)25)14-12-20-9-5-18(2)6-10-20;23-21-16-20(14-12-18-9-5-2-6-10-18)22(24)15-19(21)13-11-17-7-3-1-4-8-17/h5-8,11-14H,1-4H3;3-6,9-12,15-16H,1-2H3;2*3-10,15-16H,1-2H3;1-10,15-16H. The summed E-state index contributed by atoms with van der Waals surface area (Å²) in [6.45, 7) is 15.5. The fourth-order valence-corrected chi connectivity index (χ4v) is 16.8. The van der Waals surface area contributed by atoms with E-state index in [1.165, 1.54) is 22.3 Å². The van der Waals surface area contributed by atoms with E-state index in [9.17, 15) is 9.59 Å². The van der Waals surface area contributed by atoms with Crippen LogP contribution in [-0.2, 0) is 0 Å². The summed E-state index contributed by atoms with van der Waals surface area (Å²) >= 11 is 36.2. The van der Waals surface area contributed by atoms with Crippen molar-refractivity contribution in [3.05, 3.63) is 504 Å². The predicted molar refractivity (Wildman–Crippen MR) is 595 cm³/mol. The van der Waals surface area contributed by atoms with Gasteiger partial charge in [-0.15, -0.1) is 0 Å². The fraction of sp³-hybridized carbons (Fsp3) is 0.0820. The van der Waals surface area contributed by atoms with Crippen molar-refractivity contribution in [3.8, 4) is 130 Å². The summed E-state index contributed by atoms with van der Waals surface area (Å²) in [6.07, 6.45) is 0. The molecule has 0 aliphatic heterocycles. The second kappa shape index (κ2) is 52.7. The third-order valence-electron chi connectivity index (χ3n) is 20.0. The van der Waals surface area contributed by atoms with Crippen molar-refractivity contribution < 1.29 is 19.1 Å². The quantitative estimate of drug-likeness (QED) is 0.130. The van der Waals surface area contributed by atoms with Crippen LogP contribution in [0.1, 0.15) is 179 Å². The van der Waals surface area contributed by atoms with Crippen LogP contribution in [0.25, 0.3) is 0 Å². The van der Waals surface area contributed by atoms with E-state index < -0.39 is 0 Å². The topological polar surface area (TPSA) is 52.6 Å². The van der Waals surface area contributed by atoms with Gasteiger partial charge in [-0.25, -0.2) is 0 Å². The van der Waals surface area contributed by atoms with Gasteiger partial charge in [-0.3, -0.25) is 9.59 Å². The number of ketones is 2. The summed E-state index contributed by atoms with van der Waals surface area (Å²) in [4.78, 5) is 22.7. The molecule has 15 aromatic carbocycles. The molecule has 0 heterocycles. The molecule has 15 rings (SSSR count). The number of halogens is 10. The number of ether oxygens (including phenoxy) is 2. The molecule has 0 saturated carbocycles. The van der Waals surface area contributed by atoms with Crippen LogP contribution in [0.5, 0.6) is 11.5 Å². The van der Waals surface area contributed by atoms with E-state index in [0.717, 1.165) is 179 Å². The van der Waals surface area contributed by atoms with Crippen LogP contribution in [-0.4, -0.2) is 25.8 Å². The molecule has 0 amide bonds. The zero-order valence-electron chi connectivity index (χ0n) is 75.3. The zero-order chi connectivity index (χ0) is 97.2. The minimum Gasteiger partial charge on any atom is -0.497 e. The van der Waals surface area contributed by atoms with Gasteiger partial charge in [0.25, 0.3) is 0 Å². The number of rotatable bonds is 4. The van der Waals surface area contributed by atoms with Gasteiger partial charge in [-0.1, -0.05) is 250 Å². The van der Waals surface area contributed by atoms with Crippen molar-refractivity contribution in [1.29, 1.82) is 0 Å². The highest BCUT2D eigenvalue weighted by molar-refractivity contribution is 9.12. The van der Waals surface area contributed by atoms with Gasteiger partial charge in [0.15, 0.2) is 11.6 Å². The Balaban J connectivity index is 0.000000164. The lowest BCUT2D eigenvalue weighted by Gasteiger charge is -2.12. The molecule has 0 atom stereocenters. The highest BCUT2D eigenvalue weighted by Gasteiger charge is 2.16. The molecule has 0 N–H and O–H groups in total. The van der Waals surface area contributed by atoms with Crippen LogP contribution < -0.4 is 9.47 Å². The Morgan fingerprint density at radius 2 is 0.368 bits per heavy atom. The van der Waals surface area contributed by atoms with Crippen molar-refractivity contribution in [1.82, 2.24) is 0 Å². The molecule has 4 nitrogen and oxygen atoms in total. The van der Waals surface area contributed by atoms with Crippen LogP contribution in [0, 0.1) is 160 Å².